The van der Waals surface area contributed by atoms with Crippen molar-refractivity contribution in [2.75, 3.05) is 31.5 Å². The second-order valence-electron chi connectivity index (χ2n) is 7.77. The van der Waals surface area contributed by atoms with Crippen LogP contribution < -0.4 is 5.32 Å². The van der Waals surface area contributed by atoms with Gasteiger partial charge in [0, 0.05) is 27.0 Å². The number of anilines is 1. The molecule has 1 aromatic carbocycles. The molecule has 1 aliphatic carbocycles. The molecule has 2 nitrogen and oxygen atoms in total. The Morgan fingerprint density at radius 3 is 2.96 bits per heavy atom. The number of nitrogens with zero attached hydrogens (tertiary/aromatic N) is 1. The van der Waals surface area contributed by atoms with Gasteiger partial charge in [-0.25, -0.2) is 4.39 Å². The van der Waals surface area contributed by atoms with Crippen molar-refractivity contribution < 1.29 is 7.24 Å². The van der Waals surface area contributed by atoms with Crippen LogP contribution in [-0.2, 0) is 5.41 Å². The maximum absolute atomic E-state index is 13.7. The minimum Gasteiger partial charge on any atom is -0.384 e. The minimum atomic E-state index is -0.101. The first-order valence-corrected chi connectivity index (χ1v) is 9.09. The summed E-state index contributed by atoms with van der Waals surface area (Å²) in [6.45, 7) is 6.85. The zero-order chi connectivity index (χ0) is 15.9. The van der Waals surface area contributed by atoms with Gasteiger partial charge < -0.3 is 10.2 Å². The maximum atomic E-state index is 13.7. The first kappa shape index (κ1) is 15.2. The summed E-state index contributed by atoms with van der Waals surface area (Å²) in [7, 11) is 0. The molecule has 128 valence electrons. The summed E-state index contributed by atoms with van der Waals surface area (Å²) in [5.74, 6) is 1.42. The fourth-order valence-electron chi connectivity index (χ4n) is 4.75. The zero-order valence-electron chi connectivity index (χ0n) is 14.0. The fourth-order valence-corrected chi connectivity index (χ4v) is 4.75. The van der Waals surface area contributed by atoms with Crippen LogP contribution in [0.15, 0.2) is 30.4 Å². The molecule has 0 bridgehead atoms. The summed E-state index contributed by atoms with van der Waals surface area (Å²) in [4.78, 5) is 2.62. The lowest BCUT2D eigenvalue weighted by Crippen LogP contribution is -2.45. The van der Waals surface area contributed by atoms with Crippen LogP contribution in [0.1, 0.15) is 41.0 Å². The van der Waals surface area contributed by atoms with Crippen LogP contribution in [0.3, 0.4) is 0 Å². The van der Waals surface area contributed by atoms with E-state index in [0.29, 0.717) is 0 Å². The van der Waals surface area contributed by atoms with Gasteiger partial charge in [-0.1, -0.05) is 19.1 Å². The van der Waals surface area contributed by atoms with Gasteiger partial charge in [0.05, 0.1) is 0 Å². The number of fused-ring (bicyclic) bond motifs is 2. The van der Waals surface area contributed by atoms with Gasteiger partial charge in [-0.05, 0) is 74.4 Å². The second-order valence-corrected chi connectivity index (χ2v) is 7.77. The van der Waals surface area contributed by atoms with Crippen molar-refractivity contribution >= 4 is 5.69 Å². The number of nitrogens with one attached hydrogen (secondary N) is 1. The number of likely N-dealkylation sites (tertiary alicyclic amines) is 1. The van der Waals surface area contributed by atoms with Crippen LogP contribution in [0.4, 0.5) is 10.1 Å². The van der Waals surface area contributed by atoms with Gasteiger partial charge in [-0.3, -0.25) is 0 Å². The quantitative estimate of drug-likeness (QED) is 0.814. The number of halogens is 1. The van der Waals surface area contributed by atoms with Crippen LogP contribution in [0.5, 0.6) is 0 Å². The summed E-state index contributed by atoms with van der Waals surface area (Å²) in [6.07, 6.45) is 9.62. The molecule has 2 heterocycles. The van der Waals surface area contributed by atoms with E-state index >= 15 is 0 Å². The molecule has 1 aromatic rings. The second kappa shape index (κ2) is 5.94. The van der Waals surface area contributed by atoms with E-state index in [1.807, 2.05) is 6.07 Å². The molecule has 2 aliphatic heterocycles. The highest BCUT2D eigenvalue weighted by Gasteiger charge is 2.41. The highest BCUT2D eigenvalue weighted by molar-refractivity contribution is 5.60. The number of allylic oxidation sites excluding steroid dienone is 2. The molecule has 1 spiro atoms. The standard InChI is InChI=1S/C20H27FN2.2H2/c1-15(16-4-2-3-5-16)13-23-10-8-20(9-11-23)14-22-19-7-6-17(21)12-18(19)20;;/h2,4,6-7,12,15-16,22H,3,5,8-11,13-14H2,1H3;2*1H/t15-,16+;;/m1../s1. The summed E-state index contributed by atoms with van der Waals surface area (Å²) in [5.41, 5.74) is 2.51. The highest BCUT2D eigenvalue weighted by Crippen LogP contribution is 2.44. The van der Waals surface area contributed by atoms with Crippen LogP contribution >= 0.6 is 0 Å². The van der Waals surface area contributed by atoms with E-state index in [0.717, 1.165) is 50.0 Å². The first-order valence-electron chi connectivity index (χ1n) is 9.09. The summed E-state index contributed by atoms with van der Waals surface area (Å²) >= 11 is 0. The number of benzene rings is 1. The molecule has 4 rings (SSSR count). The molecule has 1 fully saturated rings. The Morgan fingerprint density at radius 2 is 2.22 bits per heavy atom. The fraction of sp³-hybridized carbons (Fsp3) is 0.600. The molecule has 1 saturated heterocycles. The third-order valence-corrected chi connectivity index (χ3v) is 6.31. The number of piperidine rings is 1. The molecule has 0 saturated carbocycles. The van der Waals surface area contributed by atoms with E-state index in [9.17, 15) is 4.39 Å². The van der Waals surface area contributed by atoms with Gasteiger partial charge in [-0.2, -0.15) is 0 Å². The van der Waals surface area contributed by atoms with Crippen molar-refractivity contribution in [3.8, 4) is 0 Å². The Morgan fingerprint density at radius 1 is 1.39 bits per heavy atom. The third-order valence-electron chi connectivity index (χ3n) is 6.31. The molecule has 3 heteroatoms. The predicted molar refractivity (Wildman–Crippen MR) is 97.5 cm³/mol. The Hall–Kier alpha value is -1.35. The summed E-state index contributed by atoms with van der Waals surface area (Å²) in [6, 6.07) is 5.23. The number of hydrogen-bond acceptors (Lipinski definition) is 2. The largest absolute Gasteiger partial charge is 0.384 e. The predicted octanol–water partition coefficient (Wildman–Crippen LogP) is 4.68. The van der Waals surface area contributed by atoms with Crippen molar-refractivity contribution in [1.82, 2.24) is 4.90 Å². The van der Waals surface area contributed by atoms with Crippen LogP contribution in [0.2, 0.25) is 0 Å². The monoisotopic (exact) mass is 318 g/mol. The lowest BCUT2D eigenvalue weighted by atomic mass is 9.74. The van der Waals surface area contributed by atoms with E-state index in [1.165, 1.54) is 24.9 Å². The molecule has 0 amide bonds. The first-order chi connectivity index (χ1) is 11.2. The van der Waals surface area contributed by atoms with Gasteiger partial charge in [0.25, 0.3) is 0 Å². The van der Waals surface area contributed by atoms with Gasteiger partial charge >= 0.3 is 0 Å². The van der Waals surface area contributed by atoms with E-state index in [4.69, 9.17) is 0 Å². The van der Waals surface area contributed by atoms with Crippen LogP contribution in [0, 0.1) is 17.7 Å². The van der Waals surface area contributed by atoms with E-state index in [1.54, 1.807) is 12.1 Å². The van der Waals surface area contributed by atoms with Crippen LogP contribution in [0.25, 0.3) is 0 Å². The Bertz CT molecular complexity index is 612. The number of rotatable bonds is 3. The van der Waals surface area contributed by atoms with Crippen molar-refractivity contribution in [1.29, 1.82) is 0 Å². The molecule has 1 N–H and O–H groups in total. The van der Waals surface area contributed by atoms with E-state index in [-0.39, 0.29) is 14.1 Å². The van der Waals surface area contributed by atoms with Crippen molar-refractivity contribution in [3.63, 3.8) is 0 Å². The normalized spacial score (nSPS) is 27.1. The lowest BCUT2D eigenvalue weighted by Gasteiger charge is -2.40. The van der Waals surface area contributed by atoms with E-state index < -0.39 is 0 Å². The third kappa shape index (κ3) is 2.80. The molecule has 0 radical (unpaired) electrons. The Kier molecular flexibility index (Phi) is 3.92. The van der Waals surface area contributed by atoms with Gasteiger partial charge in [0.2, 0.25) is 0 Å². The summed E-state index contributed by atoms with van der Waals surface area (Å²) < 4.78 is 13.7. The molecule has 23 heavy (non-hydrogen) atoms. The molecule has 2 atom stereocenters. The molecule has 0 aromatic heterocycles. The van der Waals surface area contributed by atoms with E-state index in [2.05, 4.69) is 29.3 Å². The Labute approximate surface area is 141 Å². The van der Waals surface area contributed by atoms with Gasteiger partial charge in [0.1, 0.15) is 5.82 Å². The van der Waals surface area contributed by atoms with Crippen molar-refractivity contribution in [2.45, 2.75) is 38.0 Å². The topological polar surface area (TPSA) is 15.3 Å². The molecular formula is C20H31FN2. The van der Waals surface area contributed by atoms with Gasteiger partial charge in [-0.15, -0.1) is 0 Å². The average molecular weight is 318 g/mol. The highest BCUT2D eigenvalue weighted by atomic mass is 19.1. The Balaban J connectivity index is 0.00000113. The average Bonchev–Trinajstić information content (AvgIpc) is 3.20. The summed E-state index contributed by atoms with van der Waals surface area (Å²) in [5, 5.41) is 3.49. The van der Waals surface area contributed by atoms with Crippen LogP contribution in [-0.4, -0.2) is 31.1 Å². The lowest BCUT2D eigenvalue weighted by molar-refractivity contribution is 0.140. The SMILES string of the molecule is C[C@H](CN1CCC2(CC1)CNc1ccc(F)cc12)[C@H]1C=CCC1.[HH].[HH]. The minimum absolute atomic E-state index is 0. The molecule has 0 unspecified atom stereocenters. The van der Waals surface area contributed by atoms with Gasteiger partial charge in [0.15, 0.2) is 0 Å². The molecular weight excluding hydrogens is 287 g/mol. The molecule has 3 aliphatic rings. The zero-order valence-corrected chi connectivity index (χ0v) is 14.0. The smallest absolute Gasteiger partial charge is 0.123 e. The van der Waals surface area contributed by atoms with Crippen molar-refractivity contribution in [2.24, 2.45) is 11.8 Å². The maximum Gasteiger partial charge on any atom is 0.123 e. The number of hydrogen-bond donors (Lipinski definition) is 1. The van der Waals surface area contributed by atoms with Crippen molar-refractivity contribution in [3.05, 3.63) is 41.7 Å².